The first-order valence-corrected chi connectivity index (χ1v) is 4.69. The summed E-state index contributed by atoms with van der Waals surface area (Å²) in [7, 11) is 3.92. The van der Waals surface area contributed by atoms with Crippen molar-refractivity contribution in [1.29, 1.82) is 5.26 Å². The Bertz CT molecular complexity index is 323. The molecule has 0 aliphatic heterocycles. The van der Waals surface area contributed by atoms with E-state index in [2.05, 4.69) is 16.1 Å². The van der Waals surface area contributed by atoms with E-state index in [-0.39, 0.29) is 6.04 Å². The van der Waals surface area contributed by atoms with Crippen LogP contribution in [0.3, 0.4) is 0 Å². The molecule has 0 N–H and O–H groups in total. The SMILES string of the molecule is CC(CC#N)N(C)Cc1ccn(C)n1. The summed E-state index contributed by atoms with van der Waals surface area (Å²) in [6, 6.07) is 4.45. The molecule has 0 aromatic carbocycles. The van der Waals surface area contributed by atoms with Gasteiger partial charge in [-0.15, -0.1) is 0 Å². The van der Waals surface area contributed by atoms with E-state index in [9.17, 15) is 0 Å². The highest BCUT2D eigenvalue weighted by Gasteiger charge is 2.09. The average molecular weight is 192 g/mol. The van der Waals surface area contributed by atoms with Crippen LogP contribution in [-0.4, -0.2) is 27.8 Å². The van der Waals surface area contributed by atoms with Gasteiger partial charge in [0.25, 0.3) is 0 Å². The number of hydrogen-bond acceptors (Lipinski definition) is 3. The largest absolute Gasteiger partial charge is 0.297 e. The van der Waals surface area contributed by atoms with Crippen molar-refractivity contribution in [1.82, 2.24) is 14.7 Å². The van der Waals surface area contributed by atoms with Crippen molar-refractivity contribution in [2.75, 3.05) is 7.05 Å². The first-order valence-electron chi connectivity index (χ1n) is 4.69. The van der Waals surface area contributed by atoms with Crippen LogP contribution < -0.4 is 0 Å². The summed E-state index contributed by atoms with van der Waals surface area (Å²) in [5.74, 6) is 0. The summed E-state index contributed by atoms with van der Waals surface area (Å²) in [5.41, 5.74) is 1.04. The van der Waals surface area contributed by atoms with Crippen molar-refractivity contribution in [2.45, 2.75) is 25.9 Å². The fourth-order valence-electron chi connectivity index (χ4n) is 1.25. The first-order chi connectivity index (χ1) is 6.63. The minimum Gasteiger partial charge on any atom is -0.297 e. The topological polar surface area (TPSA) is 44.9 Å². The summed E-state index contributed by atoms with van der Waals surface area (Å²) < 4.78 is 1.79. The van der Waals surface area contributed by atoms with Gasteiger partial charge in [-0.1, -0.05) is 0 Å². The molecule has 0 amide bonds. The number of rotatable bonds is 4. The highest BCUT2D eigenvalue weighted by atomic mass is 15.3. The van der Waals surface area contributed by atoms with Gasteiger partial charge in [0.1, 0.15) is 0 Å². The molecule has 0 radical (unpaired) electrons. The molecule has 1 heterocycles. The maximum atomic E-state index is 8.56. The van der Waals surface area contributed by atoms with E-state index in [0.717, 1.165) is 12.2 Å². The second kappa shape index (κ2) is 4.77. The van der Waals surface area contributed by atoms with E-state index in [1.165, 1.54) is 0 Å². The third-order valence-corrected chi connectivity index (χ3v) is 2.32. The summed E-state index contributed by atoms with van der Waals surface area (Å²) in [5, 5.41) is 12.8. The number of aryl methyl sites for hydroxylation is 1. The highest BCUT2D eigenvalue weighted by Crippen LogP contribution is 2.05. The lowest BCUT2D eigenvalue weighted by atomic mass is 10.2. The van der Waals surface area contributed by atoms with Crippen LogP contribution >= 0.6 is 0 Å². The van der Waals surface area contributed by atoms with Gasteiger partial charge in [0.15, 0.2) is 0 Å². The van der Waals surface area contributed by atoms with Gasteiger partial charge in [-0.2, -0.15) is 10.4 Å². The molecule has 0 saturated carbocycles. The van der Waals surface area contributed by atoms with E-state index < -0.39 is 0 Å². The minimum absolute atomic E-state index is 0.280. The quantitative estimate of drug-likeness (QED) is 0.719. The lowest BCUT2D eigenvalue weighted by molar-refractivity contribution is 0.249. The molecular formula is C10H16N4. The molecule has 1 aromatic rings. The Balaban J connectivity index is 2.49. The summed E-state index contributed by atoms with van der Waals surface area (Å²) in [6.07, 6.45) is 2.49. The Labute approximate surface area is 84.7 Å². The highest BCUT2D eigenvalue weighted by molar-refractivity contribution is 4.98. The van der Waals surface area contributed by atoms with Crippen LogP contribution in [0.4, 0.5) is 0 Å². The molecule has 4 nitrogen and oxygen atoms in total. The summed E-state index contributed by atoms with van der Waals surface area (Å²) in [6.45, 7) is 2.84. The minimum atomic E-state index is 0.280. The van der Waals surface area contributed by atoms with Gasteiger partial charge in [0, 0.05) is 25.8 Å². The molecule has 14 heavy (non-hydrogen) atoms. The average Bonchev–Trinajstić information content (AvgIpc) is 2.51. The predicted octanol–water partition coefficient (Wildman–Crippen LogP) is 1.15. The van der Waals surface area contributed by atoms with Crippen LogP contribution in [0.15, 0.2) is 12.3 Å². The Morgan fingerprint density at radius 2 is 2.43 bits per heavy atom. The molecule has 0 saturated heterocycles. The molecule has 0 spiro atoms. The second-order valence-corrected chi connectivity index (χ2v) is 3.61. The van der Waals surface area contributed by atoms with Gasteiger partial charge in [-0.3, -0.25) is 9.58 Å². The normalized spacial score (nSPS) is 12.8. The zero-order valence-electron chi connectivity index (χ0n) is 8.94. The van der Waals surface area contributed by atoms with Crippen LogP contribution in [-0.2, 0) is 13.6 Å². The fourth-order valence-corrected chi connectivity index (χ4v) is 1.25. The number of nitrogens with zero attached hydrogens (tertiary/aromatic N) is 4. The molecule has 1 unspecified atom stereocenters. The molecule has 1 rings (SSSR count). The Morgan fingerprint density at radius 3 is 2.93 bits per heavy atom. The predicted molar refractivity (Wildman–Crippen MR) is 54.4 cm³/mol. The summed E-state index contributed by atoms with van der Waals surface area (Å²) in [4.78, 5) is 2.13. The molecule has 0 aliphatic rings. The maximum Gasteiger partial charge on any atom is 0.0764 e. The van der Waals surface area contributed by atoms with Crippen LogP contribution in [0.1, 0.15) is 19.0 Å². The van der Waals surface area contributed by atoms with Gasteiger partial charge in [0.05, 0.1) is 18.2 Å². The van der Waals surface area contributed by atoms with Crippen molar-refractivity contribution < 1.29 is 0 Å². The standard InChI is InChI=1S/C10H16N4/c1-9(4-6-11)13(2)8-10-5-7-14(3)12-10/h5,7,9H,4,8H2,1-3H3. The lowest BCUT2D eigenvalue weighted by Gasteiger charge is -2.21. The van der Waals surface area contributed by atoms with Crippen molar-refractivity contribution >= 4 is 0 Å². The third-order valence-electron chi connectivity index (χ3n) is 2.32. The van der Waals surface area contributed by atoms with E-state index in [1.54, 1.807) is 4.68 Å². The smallest absolute Gasteiger partial charge is 0.0764 e. The van der Waals surface area contributed by atoms with E-state index in [1.807, 2.05) is 33.3 Å². The fraction of sp³-hybridized carbons (Fsp3) is 0.600. The van der Waals surface area contributed by atoms with Crippen LogP contribution in [0.5, 0.6) is 0 Å². The first kappa shape index (κ1) is 10.7. The van der Waals surface area contributed by atoms with E-state index >= 15 is 0 Å². The summed E-state index contributed by atoms with van der Waals surface area (Å²) >= 11 is 0. The van der Waals surface area contributed by atoms with Crippen molar-refractivity contribution in [3.63, 3.8) is 0 Å². The molecule has 4 heteroatoms. The zero-order chi connectivity index (χ0) is 10.6. The Kier molecular flexibility index (Phi) is 3.66. The number of hydrogen-bond donors (Lipinski definition) is 0. The molecule has 1 aromatic heterocycles. The van der Waals surface area contributed by atoms with Crippen molar-refractivity contribution in [3.8, 4) is 6.07 Å². The number of nitriles is 1. The Hall–Kier alpha value is -1.34. The van der Waals surface area contributed by atoms with Crippen LogP contribution in [0, 0.1) is 11.3 Å². The van der Waals surface area contributed by atoms with Gasteiger partial charge in [-0.05, 0) is 20.0 Å². The lowest BCUT2D eigenvalue weighted by Crippen LogP contribution is -2.28. The molecule has 0 bridgehead atoms. The van der Waals surface area contributed by atoms with E-state index in [4.69, 9.17) is 5.26 Å². The van der Waals surface area contributed by atoms with Crippen LogP contribution in [0.2, 0.25) is 0 Å². The Morgan fingerprint density at radius 1 is 1.71 bits per heavy atom. The van der Waals surface area contributed by atoms with Gasteiger partial charge in [0.2, 0.25) is 0 Å². The van der Waals surface area contributed by atoms with Crippen molar-refractivity contribution in [2.24, 2.45) is 7.05 Å². The van der Waals surface area contributed by atoms with E-state index in [0.29, 0.717) is 6.42 Å². The van der Waals surface area contributed by atoms with Gasteiger partial charge in [-0.25, -0.2) is 0 Å². The van der Waals surface area contributed by atoms with Crippen LogP contribution in [0.25, 0.3) is 0 Å². The maximum absolute atomic E-state index is 8.56. The second-order valence-electron chi connectivity index (χ2n) is 3.61. The molecular weight excluding hydrogens is 176 g/mol. The molecule has 1 atom stereocenters. The number of aromatic nitrogens is 2. The zero-order valence-corrected chi connectivity index (χ0v) is 8.94. The van der Waals surface area contributed by atoms with Crippen molar-refractivity contribution in [3.05, 3.63) is 18.0 Å². The molecule has 76 valence electrons. The monoisotopic (exact) mass is 192 g/mol. The third kappa shape index (κ3) is 2.86. The molecule has 0 fully saturated rings. The molecule has 0 aliphatic carbocycles. The van der Waals surface area contributed by atoms with Gasteiger partial charge < -0.3 is 0 Å². The van der Waals surface area contributed by atoms with Gasteiger partial charge >= 0.3 is 0 Å².